The van der Waals surface area contributed by atoms with Gasteiger partial charge in [-0.25, -0.2) is 0 Å². The number of nitrogens with one attached hydrogen (secondary N) is 1. The molecule has 106 valence electrons. The lowest BCUT2D eigenvalue weighted by molar-refractivity contribution is 0.0222. The van der Waals surface area contributed by atoms with Gasteiger partial charge in [0.25, 0.3) is 0 Å². The van der Waals surface area contributed by atoms with Crippen LogP contribution in [0.1, 0.15) is 67.8 Å². The SMILES string of the molecule is OC1(CNC2CCCc3sccc32)CCCCCC1. The van der Waals surface area contributed by atoms with Crippen LogP contribution in [0, 0.1) is 0 Å². The lowest BCUT2D eigenvalue weighted by Gasteiger charge is -2.31. The molecule has 0 amide bonds. The van der Waals surface area contributed by atoms with Crippen molar-refractivity contribution < 1.29 is 5.11 Å². The fourth-order valence-corrected chi connectivity index (χ4v) is 4.56. The highest BCUT2D eigenvalue weighted by molar-refractivity contribution is 7.10. The van der Waals surface area contributed by atoms with Gasteiger partial charge in [0.05, 0.1) is 5.60 Å². The first-order valence-electron chi connectivity index (χ1n) is 7.79. The van der Waals surface area contributed by atoms with Crippen molar-refractivity contribution in [3.63, 3.8) is 0 Å². The molecule has 0 spiro atoms. The van der Waals surface area contributed by atoms with Crippen LogP contribution in [-0.2, 0) is 6.42 Å². The van der Waals surface area contributed by atoms with E-state index in [4.69, 9.17) is 0 Å². The summed E-state index contributed by atoms with van der Waals surface area (Å²) in [7, 11) is 0. The van der Waals surface area contributed by atoms with E-state index in [1.165, 1.54) is 50.5 Å². The van der Waals surface area contributed by atoms with Crippen LogP contribution in [0.15, 0.2) is 11.4 Å². The van der Waals surface area contributed by atoms with Crippen LogP contribution in [0.5, 0.6) is 0 Å². The number of hydrogen-bond acceptors (Lipinski definition) is 3. The summed E-state index contributed by atoms with van der Waals surface area (Å²) in [6.07, 6.45) is 10.7. The zero-order chi connectivity index (χ0) is 13.1. The van der Waals surface area contributed by atoms with Crippen molar-refractivity contribution in [2.45, 2.75) is 69.4 Å². The Morgan fingerprint density at radius 2 is 2.00 bits per heavy atom. The Kier molecular flexibility index (Phi) is 4.25. The summed E-state index contributed by atoms with van der Waals surface area (Å²) >= 11 is 1.89. The molecule has 1 fully saturated rings. The van der Waals surface area contributed by atoms with E-state index in [0.29, 0.717) is 6.04 Å². The van der Waals surface area contributed by atoms with Gasteiger partial charge in [-0.1, -0.05) is 25.7 Å². The van der Waals surface area contributed by atoms with E-state index in [1.807, 2.05) is 11.3 Å². The van der Waals surface area contributed by atoms with Gasteiger partial charge in [-0.2, -0.15) is 0 Å². The Balaban J connectivity index is 1.60. The molecular weight excluding hydrogens is 254 g/mol. The Bertz CT molecular complexity index is 407. The van der Waals surface area contributed by atoms with Crippen molar-refractivity contribution in [1.82, 2.24) is 5.32 Å². The lowest BCUT2D eigenvalue weighted by Crippen LogP contribution is -2.42. The minimum atomic E-state index is -0.454. The van der Waals surface area contributed by atoms with Crippen molar-refractivity contribution in [2.75, 3.05) is 6.54 Å². The maximum Gasteiger partial charge on any atom is 0.0771 e. The van der Waals surface area contributed by atoms with Crippen LogP contribution in [0.25, 0.3) is 0 Å². The van der Waals surface area contributed by atoms with Crippen LogP contribution in [0.4, 0.5) is 0 Å². The second-order valence-corrected chi connectivity index (χ2v) is 7.26. The average molecular weight is 279 g/mol. The van der Waals surface area contributed by atoms with Crippen LogP contribution in [0.3, 0.4) is 0 Å². The Morgan fingerprint density at radius 3 is 2.79 bits per heavy atom. The number of aliphatic hydroxyl groups is 1. The van der Waals surface area contributed by atoms with E-state index in [2.05, 4.69) is 16.8 Å². The van der Waals surface area contributed by atoms with Crippen molar-refractivity contribution in [3.8, 4) is 0 Å². The third-order valence-electron chi connectivity index (χ3n) is 4.76. The highest BCUT2D eigenvalue weighted by Crippen LogP contribution is 2.34. The summed E-state index contributed by atoms with van der Waals surface area (Å²) in [5.41, 5.74) is 1.04. The molecule has 3 heteroatoms. The summed E-state index contributed by atoms with van der Waals surface area (Å²) in [6, 6.07) is 2.75. The molecule has 1 aromatic rings. The minimum Gasteiger partial charge on any atom is -0.389 e. The molecule has 1 saturated carbocycles. The summed E-state index contributed by atoms with van der Waals surface area (Å²) in [5.74, 6) is 0. The zero-order valence-corrected chi connectivity index (χ0v) is 12.5. The molecule has 0 bridgehead atoms. The van der Waals surface area contributed by atoms with E-state index in [9.17, 15) is 5.11 Å². The summed E-state index contributed by atoms with van der Waals surface area (Å²) in [6.45, 7) is 0.771. The number of thiophene rings is 1. The molecule has 1 aromatic heterocycles. The molecule has 3 rings (SSSR count). The third kappa shape index (κ3) is 3.21. The highest BCUT2D eigenvalue weighted by Gasteiger charge is 2.30. The predicted octanol–water partition coefficient (Wildman–Crippen LogP) is 3.80. The summed E-state index contributed by atoms with van der Waals surface area (Å²) in [5, 5.41) is 16.6. The first-order valence-corrected chi connectivity index (χ1v) is 8.67. The average Bonchev–Trinajstić information content (AvgIpc) is 2.80. The van der Waals surface area contributed by atoms with Gasteiger partial charge in [0.1, 0.15) is 0 Å². The number of aryl methyl sites for hydroxylation is 1. The second-order valence-electron chi connectivity index (χ2n) is 6.26. The maximum atomic E-state index is 10.7. The maximum absolute atomic E-state index is 10.7. The Hall–Kier alpha value is -0.380. The lowest BCUT2D eigenvalue weighted by atomic mass is 9.91. The Morgan fingerprint density at radius 1 is 1.21 bits per heavy atom. The molecule has 0 aliphatic heterocycles. The van der Waals surface area contributed by atoms with E-state index in [-0.39, 0.29) is 0 Å². The summed E-state index contributed by atoms with van der Waals surface area (Å²) < 4.78 is 0. The van der Waals surface area contributed by atoms with Gasteiger partial charge in [-0.15, -0.1) is 11.3 Å². The van der Waals surface area contributed by atoms with Gasteiger partial charge < -0.3 is 10.4 Å². The van der Waals surface area contributed by atoms with E-state index in [1.54, 1.807) is 4.88 Å². The fourth-order valence-electron chi connectivity index (χ4n) is 3.58. The van der Waals surface area contributed by atoms with Crippen molar-refractivity contribution in [1.29, 1.82) is 0 Å². The first-order chi connectivity index (χ1) is 9.27. The third-order valence-corrected chi connectivity index (χ3v) is 5.76. The molecule has 19 heavy (non-hydrogen) atoms. The zero-order valence-electron chi connectivity index (χ0n) is 11.7. The molecular formula is C16H25NOS. The van der Waals surface area contributed by atoms with Crippen molar-refractivity contribution >= 4 is 11.3 Å². The molecule has 2 aliphatic carbocycles. The van der Waals surface area contributed by atoms with Crippen LogP contribution >= 0.6 is 11.3 Å². The van der Waals surface area contributed by atoms with Gasteiger partial charge in [0.2, 0.25) is 0 Å². The van der Waals surface area contributed by atoms with Gasteiger partial charge in [0.15, 0.2) is 0 Å². The monoisotopic (exact) mass is 279 g/mol. The molecule has 2 N–H and O–H groups in total. The first kappa shape index (κ1) is 13.6. The van der Waals surface area contributed by atoms with Gasteiger partial charge >= 0.3 is 0 Å². The minimum absolute atomic E-state index is 0.454. The largest absolute Gasteiger partial charge is 0.389 e. The van der Waals surface area contributed by atoms with Gasteiger partial charge in [-0.05, 0) is 49.1 Å². The van der Waals surface area contributed by atoms with Gasteiger partial charge in [-0.3, -0.25) is 0 Å². The van der Waals surface area contributed by atoms with E-state index >= 15 is 0 Å². The molecule has 0 aromatic carbocycles. The van der Waals surface area contributed by atoms with E-state index < -0.39 is 5.60 Å². The second kappa shape index (κ2) is 5.94. The predicted molar refractivity (Wildman–Crippen MR) is 80.7 cm³/mol. The van der Waals surface area contributed by atoms with Gasteiger partial charge in [0, 0.05) is 17.5 Å². The number of rotatable bonds is 3. The normalized spacial score (nSPS) is 26.7. The number of hydrogen-bond donors (Lipinski definition) is 2. The molecule has 2 nitrogen and oxygen atoms in total. The fraction of sp³-hybridized carbons (Fsp3) is 0.750. The van der Waals surface area contributed by atoms with Crippen LogP contribution in [0.2, 0.25) is 0 Å². The quantitative estimate of drug-likeness (QED) is 0.825. The standard InChI is InChI=1S/C16H25NOS/c18-16(9-3-1-2-4-10-16)12-17-14-6-5-7-15-13(14)8-11-19-15/h8,11,14,17-18H,1-7,9-10,12H2. The van der Waals surface area contributed by atoms with E-state index in [0.717, 1.165) is 19.4 Å². The topological polar surface area (TPSA) is 32.3 Å². The van der Waals surface area contributed by atoms with Crippen molar-refractivity contribution in [3.05, 3.63) is 21.9 Å². The van der Waals surface area contributed by atoms with Crippen LogP contribution < -0.4 is 5.32 Å². The summed E-state index contributed by atoms with van der Waals surface area (Å²) in [4.78, 5) is 1.55. The smallest absolute Gasteiger partial charge is 0.0771 e. The molecule has 1 unspecified atom stereocenters. The molecule has 0 saturated heterocycles. The highest BCUT2D eigenvalue weighted by atomic mass is 32.1. The molecule has 1 atom stereocenters. The molecule has 2 aliphatic rings. The van der Waals surface area contributed by atoms with Crippen LogP contribution in [-0.4, -0.2) is 17.3 Å². The Labute approximate surface area is 120 Å². The molecule has 0 radical (unpaired) electrons. The molecule has 1 heterocycles. The van der Waals surface area contributed by atoms with Crippen molar-refractivity contribution in [2.24, 2.45) is 0 Å². The number of fused-ring (bicyclic) bond motifs is 1.